The molecule has 0 spiro atoms. The first-order valence-corrected chi connectivity index (χ1v) is 5.57. The second-order valence-electron chi connectivity index (χ2n) is 4.51. The van der Waals surface area contributed by atoms with Gasteiger partial charge in [-0.2, -0.15) is 0 Å². The van der Waals surface area contributed by atoms with Crippen molar-refractivity contribution in [3.8, 4) is 0 Å². The maximum atomic E-state index is 5.84. The molecule has 3 N–H and O–H groups in total. The Morgan fingerprint density at radius 1 is 1.38 bits per heavy atom. The van der Waals surface area contributed by atoms with Gasteiger partial charge in [-0.25, -0.2) is 0 Å². The van der Waals surface area contributed by atoms with Gasteiger partial charge in [-0.05, 0) is 38.7 Å². The van der Waals surface area contributed by atoms with Gasteiger partial charge in [0.1, 0.15) is 0 Å². The third-order valence-electron chi connectivity index (χ3n) is 3.07. The summed E-state index contributed by atoms with van der Waals surface area (Å²) in [5, 5.41) is 1.28. The van der Waals surface area contributed by atoms with Crippen molar-refractivity contribution in [2.45, 2.75) is 13.0 Å². The second-order valence-corrected chi connectivity index (χ2v) is 4.51. The van der Waals surface area contributed by atoms with Crippen molar-refractivity contribution in [2.24, 2.45) is 5.73 Å². The summed E-state index contributed by atoms with van der Waals surface area (Å²) in [7, 11) is 4.12. The molecular weight excluding hydrogens is 198 g/mol. The standard InChI is InChI=1S/C13H19N3/c1-9-4-5-12-10(6-9)11(8-15-12)13(7-14)16(2)3/h4-6,8,13,15H,7,14H2,1-3H3. The fourth-order valence-electron chi connectivity index (χ4n) is 2.15. The van der Waals surface area contributed by atoms with Crippen LogP contribution in [0.4, 0.5) is 0 Å². The zero-order valence-electron chi connectivity index (χ0n) is 10.1. The highest BCUT2D eigenvalue weighted by molar-refractivity contribution is 5.84. The SMILES string of the molecule is Cc1ccc2[nH]cc(C(CN)N(C)C)c2c1. The molecule has 0 amide bonds. The molecule has 3 nitrogen and oxygen atoms in total. The van der Waals surface area contributed by atoms with E-state index in [4.69, 9.17) is 5.73 Å². The first-order valence-electron chi connectivity index (χ1n) is 5.57. The van der Waals surface area contributed by atoms with Gasteiger partial charge in [-0.1, -0.05) is 11.6 Å². The molecule has 0 saturated heterocycles. The predicted molar refractivity (Wildman–Crippen MR) is 68.5 cm³/mol. The summed E-state index contributed by atoms with van der Waals surface area (Å²) in [6.45, 7) is 2.75. The van der Waals surface area contributed by atoms with Gasteiger partial charge in [-0.3, -0.25) is 0 Å². The number of likely N-dealkylation sites (N-methyl/N-ethyl adjacent to an activating group) is 1. The van der Waals surface area contributed by atoms with E-state index in [0.717, 1.165) is 0 Å². The molecule has 0 aliphatic carbocycles. The Kier molecular flexibility index (Phi) is 2.99. The van der Waals surface area contributed by atoms with Crippen LogP contribution in [-0.4, -0.2) is 30.5 Å². The highest BCUT2D eigenvalue weighted by Gasteiger charge is 2.16. The zero-order chi connectivity index (χ0) is 11.7. The van der Waals surface area contributed by atoms with Crippen molar-refractivity contribution in [2.75, 3.05) is 20.6 Å². The second kappa shape index (κ2) is 4.28. The van der Waals surface area contributed by atoms with Gasteiger partial charge in [0.15, 0.2) is 0 Å². The first kappa shape index (κ1) is 11.2. The van der Waals surface area contributed by atoms with Crippen molar-refractivity contribution in [3.05, 3.63) is 35.5 Å². The molecule has 1 aromatic heterocycles. The highest BCUT2D eigenvalue weighted by Crippen LogP contribution is 2.27. The van der Waals surface area contributed by atoms with Gasteiger partial charge >= 0.3 is 0 Å². The molecule has 2 rings (SSSR count). The largest absolute Gasteiger partial charge is 0.361 e. The minimum atomic E-state index is 0.274. The van der Waals surface area contributed by atoms with Crippen LogP contribution in [0.5, 0.6) is 0 Å². The molecule has 2 aromatic rings. The number of benzene rings is 1. The van der Waals surface area contributed by atoms with Gasteiger partial charge in [0.2, 0.25) is 0 Å². The number of rotatable bonds is 3. The lowest BCUT2D eigenvalue weighted by molar-refractivity contribution is 0.308. The average Bonchev–Trinajstić information content (AvgIpc) is 2.62. The lowest BCUT2D eigenvalue weighted by Gasteiger charge is -2.22. The minimum Gasteiger partial charge on any atom is -0.361 e. The van der Waals surface area contributed by atoms with E-state index in [2.05, 4.69) is 55.3 Å². The number of aryl methyl sites for hydroxylation is 1. The molecule has 0 bridgehead atoms. The number of fused-ring (bicyclic) bond motifs is 1. The van der Waals surface area contributed by atoms with Crippen LogP contribution in [0.15, 0.2) is 24.4 Å². The quantitative estimate of drug-likeness (QED) is 0.826. The smallest absolute Gasteiger partial charge is 0.0485 e. The summed E-state index contributed by atoms with van der Waals surface area (Å²) in [5.41, 5.74) is 9.58. The molecule has 86 valence electrons. The maximum Gasteiger partial charge on any atom is 0.0485 e. The van der Waals surface area contributed by atoms with Crippen LogP contribution in [0.2, 0.25) is 0 Å². The van der Waals surface area contributed by atoms with Crippen LogP contribution in [0.3, 0.4) is 0 Å². The van der Waals surface area contributed by atoms with E-state index >= 15 is 0 Å². The number of aromatic amines is 1. The van der Waals surface area contributed by atoms with Crippen LogP contribution in [-0.2, 0) is 0 Å². The Morgan fingerprint density at radius 2 is 2.12 bits per heavy atom. The Labute approximate surface area is 96.2 Å². The van der Waals surface area contributed by atoms with Crippen LogP contribution in [0, 0.1) is 6.92 Å². The van der Waals surface area contributed by atoms with Crippen LogP contribution in [0.25, 0.3) is 10.9 Å². The Morgan fingerprint density at radius 3 is 2.75 bits per heavy atom. The summed E-state index contributed by atoms with van der Waals surface area (Å²) < 4.78 is 0. The van der Waals surface area contributed by atoms with E-state index < -0.39 is 0 Å². The molecule has 3 heteroatoms. The summed E-state index contributed by atoms with van der Waals surface area (Å²) >= 11 is 0. The highest BCUT2D eigenvalue weighted by atomic mass is 15.1. The van der Waals surface area contributed by atoms with Crippen LogP contribution in [0.1, 0.15) is 17.2 Å². The third kappa shape index (κ3) is 1.84. The van der Waals surface area contributed by atoms with Crippen molar-refractivity contribution >= 4 is 10.9 Å². The molecule has 0 saturated carbocycles. The number of hydrogen-bond donors (Lipinski definition) is 2. The van der Waals surface area contributed by atoms with Gasteiger partial charge in [0.05, 0.1) is 0 Å². The molecule has 0 aliphatic rings. The van der Waals surface area contributed by atoms with E-state index in [1.165, 1.54) is 22.0 Å². The fourth-order valence-corrected chi connectivity index (χ4v) is 2.15. The van der Waals surface area contributed by atoms with Crippen molar-refractivity contribution in [1.29, 1.82) is 0 Å². The topological polar surface area (TPSA) is 45.1 Å². The maximum absolute atomic E-state index is 5.84. The lowest BCUT2D eigenvalue weighted by atomic mass is 10.0. The molecule has 0 aliphatic heterocycles. The summed E-state index contributed by atoms with van der Waals surface area (Å²) in [6, 6.07) is 6.73. The van der Waals surface area contributed by atoms with Crippen molar-refractivity contribution in [3.63, 3.8) is 0 Å². The normalized spacial score (nSPS) is 13.6. The molecule has 0 fully saturated rings. The number of nitrogens with two attached hydrogens (primary N) is 1. The summed E-state index contributed by atoms with van der Waals surface area (Å²) in [6.07, 6.45) is 2.07. The number of aromatic nitrogens is 1. The van der Waals surface area contributed by atoms with E-state index in [1.54, 1.807) is 0 Å². The Bertz CT molecular complexity index is 485. The van der Waals surface area contributed by atoms with Gasteiger partial charge in [0, 0.05) is 29.7 Å². The fraction of sp³-hybridized carbons (Fsp3) is 0.385. The van der Waals surface area contributed by atoms with Gasteiger partial charge in [0.25, 0.3) is 0 Å². The van der Waals surface area contributed by atoms with Crippen molar-refractivity contribution in [1.82, 2.24) is 9.88 Å². The van der Waals surface area contributed by atoms with Gasteiger partial charge < -0.3 is 15.6 Å². The molecule has 16 heavy (non-hydrogen) atoms. The first-order chi connectivity index (χ1) is 7.63. The third-order valence-corrected chi connectivity index (χ3v) is 3.07. The van der Waals surface area contributed by atoms with Crippen LogP contribution >= 0.6 is 0 Å². The number of hydrogen-bond acceptors (Lipinski definition) is 2. The predicted octanol–water partition coefficient (Wildman–Crippen LogP) is 2.04. The Hall–Kier alpha value is -1.32. The van der Waals surface area contributed by atoms with E-state index in [9.17, 15) is 0 Å². The number of H-pyrrole nitrogens is 1. The molecule has 1 unspecified atom stereocenters. The monoisotopic (exact) mass is 217 g/mol. The van der Waals surface area contributed by atoms with E-state index in [1.807, 2.05) is 0 Å². The molecule has 1 aromatic carbocycles. The molecule has 1 atom stereocenters. The summed E-state index contributed by atoms with van der Waals surface area (Å²) in [5.74, 6) is 0. The number of nitrogens with zero attached hydrogens (tertiary/aromatic N) is 1. The Balaban J connectivity index is 2.55. The average molecular weight is 217 g/mol. The van der Waals surface area contributed by atoms with Crippen molar-refractivity contribution < 1.29 is 0 Å². The number of nitrogens with one attached hydrogen (secondary N) is 1. The molecule has 0 radical (unpaired) electrons. The van der Waals surface area contributed by atoms with E-state index in [-0.39, 0.29) is 6.04 Å². The lowest BCUT2D eigenvalue weighted by Crippen LogP contribution is -2.26. The van der Waals surface area contributed by atoms with Crippen LogP contribution < -0.4 is 5.73 Å². The van der Waals surface area contributed by atoms with Gasteiger partial charge in [-0.15, -0.1) is 0 Å². The minimum absolute atomic E-state index is 0.274. The van der Waals surface area contributed by atoms with E-state index in [0.29, 0.717) is 6.54 Å². The summed E-state index contributed by atoms with van der Waals surface area (Å²) in [4.78, 5) is 5.46. The molecular formula is C13H19N3. The molecule has 1 heterocycles. The zero-order valence-corrected chi connectivity index (χ0v) is 10.1.